The van der Waals surface area contributed by atoms with E-state index in [9.17, 15) is 4.79 Å². The molecule has 2 aromatic rings. The van der Waals surface area contributed by atoms with Gasteiger partial charge in [-0.15, -0.1) is 0 Å². The molecular formula is C20H26N2O4. The first-order chi connectivity index (χ1) is 12.5. The van der Waals surface area contributed by atoms with Crippen molar-refractivity contribution in [3.63, 3.8) is 0 Å². The van der Waals surface area contributed by atoms with Crippen LogP contribution in [0, 0.1) is 13.8 Å². The van der Waals surface area contributed by atoms with Crippen molar-refractivity contribution in [3.05, 3.63) is 47.5 Å². The van der Waals surface area contributed by atoms with Crippen LogP contribution in [0.2, 0.25) is 0 Å². The first-order valence-corrected chi connectivity index (χ1v) is 8.51. The van der Waals surface area contributed by atoms with Crippen LogP contribution in [0.1, 0.15) is 17.5 Å². The number of rotatable bonds is 8. The number of para-hydroxylation sites is 1. The summed E-state index contributed by atoms with van der Waals surface area (Å²) >= 11 is 0. The van der Waals surface area contributed by atoms with Crippen molar-refractivity contribution in [2.24, 2.45) is 0 Å². The number of urea groups is 1. The van der Waals surface area contributed by atoms with Crippen LogP contribution in [0.3, 0.4) is 0 Å². The van der Waals surface area contributed by atoms with E-state index in [4.69, 9.17) is 14.2 Å². The lowest BCUT2D eigenvalue weighted by Crippen LogP contribution is -2.30. The summed E-state index contributed by atoms with van der Waals surface area (Å²) < 4.78 is 16.2. The van der Waals surface area contributed by atoms with Gasteiger partial charge in [-0.1, -0.05) is 18.2 Å². The Morgan fingerprint density at radius 1 is 1.00 bits per heavy atom. The summed E-state index contributed by atoms with van der Waals surface area (Å²) in [5.74, 6) is 2.09. The third-order valence-corrected chi connectivity index (χ3v) is 3.90. The second kappa shape index (κ2) is 9.56. The molecule has 6 nitrogen and oxygen atoms in total. The zero-order valence-electron chi connectivity index (χ0n) is 15.7. The van der Waals surface area contributed by atoms with Crippen molar-refractivity contribution in [2.45, 2.75) is 20.3 Å². The van der Waals surface area contributed by atoms with E-state index >= 15 is 0 Å². The van der Waals surface area contributed by atoms with E-state index in [0.29, 0.717) is 36.8 Å². The van der Waals surface area contributed by atoms with E-state index in [0.717, 1.165) is 16.9 Å². The van der Waals surface area contributed by atoms with E-state index in [-0.39, 0.29) is 6.03 Å². The topological polar surface area (TPSA) is 68.8 Å². The molecule has 0 aromatic heterocycles. The quantitative estimate of drug-likeness (QED) is 0.702. The summed E-state index contributed by atoms with van der Waals surface area (Å²) in [4.78, 5) is 12.0. The Hall–Kier alpha value is -2.89. The van der Waals surface area contributed by atoms with Gasteiger partial charge in [-0.2, -0.15) is 0 Å². The van der Waals surface area contributed by atoms with E-state index in [1.807, 2.05) is 32.0 Å². The first kappa shape index (κ1) is 19.4. The Morgan fingerprint density at radius 2 is 1.69 bits per heavy atom. The number of hydrogen-bond donors (Lipinski definition) is 2. The number of ether oxygens (including phenoxy) is 3. The standard InChI is InChI=1S/C20H26N2O4/c1-14-7-5-8-15(2)19(14)26-12-6-11-21-20(23)22-16-9-10-17(24-3)18(13-16)25-4/h5,7-10,13H,6,11-12H2,1-4H3,(H2,21,22,23). The van der Waals surface area contributed by atoms with Crippen LogP contribution >= 0.6 is 0 Å². The van der Waals surface area contributed by atoms with Crippen molar-refractivity contribution < 1.29 is 19.0 Å². The van der Waals surface area contributed by atoms with Gasteiger partial charge in [-0.3, -0.25) is 0 Å². The minimum atomic E-state index is -0.274. The normalized spacial score (nSPS) is 10.2. The Morgan fingerprint density at radius 3 is 2.35 bits per heavy atom. The van der Waals surface area contributed by atoms with Crippen LogP contribution in [0.15, 0.2) is 36.4 Å². The third kappa shape index (κ3) is 5.31. The maximum Gasteiger partial charge on any atom is 0.319 e. The number of benzene rings is 2. The van der Waals surface area contributed by atoms with Crippen LogP contribution < -0.4 is 24.8 Å². The molecule has 0 fully saturated rings. The zero-order chi connectivity index (χ0) is 18.9. The van der Waals surface area contributed by atoms with Gasteiger partial charge in [0, 0.05) is 18.3 Å². The Kier molecular flexibility index (Phi) is 7.14. The highest BCUT2D eigenvalue weighted by Crippen LogP contribution is 2.29. The number of carbonyl (C=O) groups excluding carboxylic acids is 1. The number of nitrogens with one attached hydrogen (secondary N) is 2. The van der Waals surface area contributed by atoms with Crippen molar-refractivity contribution in [3.8, 4) is 17.2 Å². The predicted octanol–water partition coefficient (Wildman–Crippen LogP) is 3.91. The summed E-state index contributed by atoms with van der Waals surface area (Å²) in [6.07, 6.45) is 0.715. The van der Waals surface area contributed by atoms with Crippen LogP contribution in [-0.2, 0) is 0 Å². The molecule has 0 aliphatic carbocycles. The van der Waals surface area contributed by atoms with Gasteiger partial charge in [0.05, 0.1) is 20.8 Å². The molecule has 2 amide bonds. The summed E-state index contributed by atoms with van der Waals surface area (Å²) in [7, 11) is 3.12. The molecule has 0 spiro atoms. The van der Waals surface area contributed by atoms with Gasteiger partial charge in [0.15, 0.2) is 11.5 Å². The van der Waals surface area contributed by atoms with Gasteiger partial charge in [0.2, 0.25) is 0 Å². The molecule has 0 saturated carbocycles. The van der Waals surface area contributed by atoms with E-state index in [1.54, 1.807) is 32.4 Å². The first-order valence-electron chi connectivity index (χ1n) is 8.51. The second-order valence-electron chi connectivity index (χ2n) is 5.87. The van der Waals surface area contributed by atoms with Crippen LogP contribution in [-0.4, -0.2) is 33.4 Å². The molecule has 0 heterocycles. The van der Waals surface area contributed by atoms with E-state index in [2.05, 4.69) is 10.6 Å². The SMILES string of the molecule is COc1ccc(NC(=O)NCCCOc2c(C)cccc2C)cc1OC. The summed E-state index contributed by atoms with van der Waals surface area (Å²) in [6, 6.07) is 11.0. The zero-order valence-corrected chi connectivity index (χ0v) is 15.7. The minimum absolute atomic E-state index is 0.274. The highest BCUT2D eigenvalue weighted by Gasteiger charge is 2.07. The van der Waals surface area contributed by atoms with Crippen LogP contribution in [0.5, 0.6) is 17.2 Å². The molecule has 6 heteroatoms. The smallest absolute Gasteiger partial charge is 0.319 e. The van der Waals surface area contributed by atoms with Crippen molar-refractivity contribution >= 4 is 11.7 Å². The van der Waals surface area contributed by atoms with E-state index < -0.39 is 0 Å². The molecule has 0 aliphatic heterocycles. The fraction of sp³-hybridized carbons (Fsp3) is 0.350. The lowest BCUT2D eigenvalue weighted by molar-refractivity contribution is 0.250. The van der Waals surface area contributed by atoms with Crippen LogP contribution in [0.25, 0.3) is 0 Å². The molecule has 0 atom stereocenters. The molecule has 140 valence electrons. The minimum Gasteiger partial charge on any atom is -0.493 e. The second-order valence-corrected chi connectivity index (χ2v) is 5.87. The highest BCUT2D eigenvalue weighted by molar-refractivity contribution is 5.89. The fourth-order valence-electron chi connectivity index (χ4n) is 2.56. The largest absolute Gasteiger partial charge is 0.493 e. The third-order valence-electron chi connectivity index (χ3n) is 3.90. The number of aryl methyl sites for hydroxylation is 2. The van der Waals surface area contributed by atoms with Crippen LogP contribution in [0.4, 0.5) is 10.5 Å². The van der Waals surface area contributed by atoms with Gasteiger partial charge < -0.3 is 24.8 Å². The lowest BCUT2D eigenvalue weighted by atomic mass is 10.1. The monoisotopic (exact) mass is 358 g/mol. The molecule has 0 aliphatic rings. The molecular weight excluding hydrogens is 332 g/mol. The average Bonchev–Trinajstić information content (AvgIpc) is 2.63. The fourth-order valence-corrected chi connectivity index (χ4v) is 2.56. The molecule has 0 radical (unpaired) electrons. The van der Waals surface area contributed by atoms with E-state index in [1.165, 1.54) is 0 Å². The number of anilines is 1. The molecule has 26 heavy (non-hydrogen) atoms. The molecule has 0 unspecified atom stereocenters. The van der Waals surface area contributed by atoms with Gasteiger partial charge in [-0.05, 0) is 43.5 Å². The Balaban J connectivity index is 1.74. The summed E-state index contributed by atoms with van der Waals surface area (Å²) in [5, 5.41) is 5.58. The van der Waals surface area contributed by atoms with Gasteiger partial charge >= 0.3 is 6.03 Å². The predicted molar refractivity (Wildman–Crippen MR) is 103 cm³/mol. The summed E-state index contributed by atoms with van der Waals surface area (Å²) in [5.41, 5.74) is 2.86. The number of amides is 2. The number of carbonyl (C=O) groups is 1. The highest BCUT2D eigenvalue weighted by atomic mass is 16.5. The van der Waals surface area contributed by atoms with Crippen molar-refractivity contribution in [1.29, 1.82) is 0 Å². The molecule has 2 aromatic carbocycles. The molecule has 2 rings (SSSR count). The molecule has 0 saturated heterocycles. The number of methoxy groups -OCH3 is 2. The Labute approximate surface area is 154 Å². The van der Waals surface area contributed by atoms with Crippen molar-refractivity contribution in [1.82, 2.24) is 5.32 Å². The summed E-state index contributed by atoms with van der Waals surface area (Å²) in [6.45, 7) is 5.11. The van der Waals surface area contributed by atoms with Gasteiger partial charge in [0.25, 0.3) is 0 Å². The maximum atomic E-state index is 12.0. The maximum absolute atomic E-state index is 12.0. The van der Waals surface area contributed by atoms with Gasteiger partial charge in [0.1, 0.15) is 5.75 Å². The molecule has 2 N–H and O–H groups in total. The van der Waals surface area contributed by atoms with Gasteiger partial charge in [-0.25, -0.2) is 4.79 Å². The van der Waals surface area contributed by atoms with Crippen molar-refractivity contribution in [2.75, 3.05) is 32.7 Å². The number of hydrogen-bond acceptors (Lipinski definition) is 4. The molecule has 0 bridgehead atoms. The Bertz CT molecular complexity index is 726. The average molecular weight is 358 g/mol. The lowest BCUT2D eigenvalue weighted by Gasteiger charge is -2.13.